The molecule has 2 aromatic heterocycles. The lowest BCUT2D eigenvalue weighted by atomic mass is 9.87. The van der Waals surface area contributed by atoms with Crippen LogP contribution in [0.2, 0.25) is 0 Å². The Morgan fingerprint density at radius 3 is 2.39 bits per heavy atom. The van der Waals surface area contributed by atoms with Gasteiger partial charge in [0.15, 0.2) is 5.82 Å². The maximum Gasteiger partial charge on any atom is 0.225 e. The van der Waals surface area contributed by atoms with Gasteiger partial charge in [-0.2, -0.15) is 9.78 Å². The number of fused-ring (bicyclic) bond motifs is 1. The van der Waals surface area contributed by atoms with Crippen LogP contribution in [0, 0.1) is 27.7 Å². The zero-order chi connectivity index (χ0) is 26.0. The van der Waals surface area contributed by atoms with Crippen LogP contribution < -0.4 is 10.1 Å². The standard InChI is InChI=1S/C30H36N4O2/c1-19-15-21(3)29-25(16-19)20(2)17-26(32-29)34-27(18-22(4)33-34)31-28(35)9-8-14-36-24-12-10-23(11-13-24)30(5,6)7/h10-13,15-18H,8-9,14H2,1-7H3,(H,31,35). The Bertz CT molecular complexity index is 1400. The van der Waals surface area contributed by atoms with E-state index in [1.807, 2.05) is 31.2 Å². The monoisotopic (exact) mass is 484 g/mol. The van der Waals surface area contributed by atoms with Crippen molar-refractivity contribution in [2.75, 3.05) is 11.9 Å². The number of pyridine rings is 1. The average Bonchev–Trinajstić information content (AvgIpc) is 3.17. The molecule has 4 aromatic rings. The third-order valence-corrected chi connectivity index (χ3v) is 6.29. The molecule has 0 saturated carbocycles. The quantitative estimate of drug-likeness (QED) is 0.295. The molecule has 1 amide bonds. The van der Waals surface area contributed by atoms with Gasteiger partial charge in [0.05, 0.1) is 17.8 Å². The first-order chi connectivity index (χ1) is 17.0. The van der Waals surface area contributed by atoms with Crippen LogP contribution in [0.5, 0.6) is 5.75 Å². The Balaban J connectivity index is 1.40. The van der Waals surface area contributed by atoms with E-state index in [9.17, 15) is 4.79 Å². The Hall–Kier alpha value is -3.67. The molecule has 0 spiro atoms. The molecule has 6 nitrogen and oxygen atoms in total. The van der Waals surface area contributed by atoms with Crippen molar-refractivity contribution in [3.05, 3.63) is 76.5 Å². The fourth-order valence-corrected chi connectivity index (χ4v) is 4.38. The van der Waals surface area contributed by atoms with Crippen molar-refractivity contribution in [3.8, 4) is 11.6 Å². The summed E-state index contributed by atoms with van der Waals surface area (Å²) in [7, 11) is 0. The van der Waals surface area contributed by atoms with Crippen LogP contribution in [0.1, 0.15) is 61.6 Å². The number of anilines is 1. The number of aryl methyl sites for hydroxylation is 4. The van der Waals surface area contributed by atoms with Crippen LogP contribution in [-0.4, -0.2) is 27.3 Å². The molecule has 6 heteroatoms. The number of rotatable bonds is 7. The van der Waals surface area contributed by atoms with Crippen LogP contribution in [-0.2, 0) is 10.2 Å². The number of ether oxygens (including phenoxy) is 1. The van der Waals surface area contributed by atoms with E-state index >= 15 is 0 Å². The molecule has 0 saturated heterocycles. The number of nitrogens with zero attached hydrogens (tertiary/aromatic N) is 3. The summed E-state index contributed by atoms with van der Waals surface area (Å²) in [6, 6.07) is 16.3. The van der Waals surface area contributed by atoms with Crippen LogP contribution in [0.4, 0.5) is 5.82 Å². The molecule has 0 aliphatic heterocycles. The first-order valence-electron chi connectivity index (χ1n) is 12.5. The SMILES string of the molecule is Cc1cc(C)c2nc(-n3nc(C)cc3NC(=O)CCCOc3ccc(C(C)(C)C)cc3)cc(C)c2c1. The van der Waals surface area contributed by atoms with Gasteiger partial charge in [0.1, 0.15) is 11.6 Å². The molecule has 0 radical (unpaired) electrons. The number of carbonyl (C=O) groups excluding carboxylic acids is 1. The van der Waals surface area contributed by atoms with Crippen molar-refractivity contribution >= 4 is 22.6 Å². The van der Waals surface area contributed by atoms with Gasteiger partial charge < -0.3 is 10.1 Å². The van der Waals surface area contributed by atoms with E-state index in [2.05, 4.69) is 76.2 Å². The molecule has 2 heterocycles. The summed E-state index contributed by atoms with van der Waals surface area (Å²) in [5, 5.41) is 8.75. The zero-order valence-electron chi connectivity index (χ0n) is 22.4. The predicted octanol–water partition coefficient (Wildman–Crippen LogP) is 6.75. The van der Waals surface area contributed by atoms with Crippen molar-refractivity contribution in [1.82, 2.24) is 14.8 Å². The highest BCUT2D eigenvalue weighted by Crippen LogP contribution is 2.26. The van der Waals surface area contributed by atoms with Gasteiger partial charge in [0, 0.05) is 17.9 Å². The van der Waals surface area contributed by atoms with E-state index in [1.54, 1.807) is 4.68 Å². The second-order valence-electron chi connectivity index (χ2n) is 10.6. The normalized spacial score (nSPS) is 11.6. The molecule has 0 aliphatic rings. The maximum atomic E-state index is 12.7. The number of nitrogens with one attached hydrogen (secondary N) is 1. The number of amides is 1. The summed E-state index contributed by atoms with van der Waals surface area (Å²) in [5.41, 5.74) is 6.60. The van der Waals surface area contributed by atoms with Gasteiger partial charge >= 0.3 is 0 Å². The van der Waals surface area contributed by atoms with Crippen LogP contribution >= 0.6 is 0 Å². The highest BCUT2D eigenvalue weighted by atomic mass is 16.5. The Labute approximate surface area is 213 Å². The molecule has 4 rings (SSSR count). The molecule has 188 valence electrons. The summed E-state index contributed by atoms with van der Waals surface area (Å²) >= 11 is 0. The van der Waals surface area contributed by atoms with E-state index in [0.717, 1.165) is 33.5 Å². The predicted molar refractivity (Wildman–Crippen MR) is 146 cm³/mol. The molecule has 1 N–H and O–H groups in total. The second kappa shape index (κ2) is 10.1. The van der Waals surface area contributed by atoms with Crippen molar-refractivity contribution in [2.45, 2.75) is 66.7 Å². The molecule has 36 heavy (non-hydrogen) atoms. The smallest absolute Gasteiger partial charge is 0.225 e. The largest absolute Gasteiger partial charge is 0.494 e. The van der Waals surface area contributed by atoms with Gasteiger partial charge in [0.2, 0.25) is 5.91 Å². The van der Waals surface area contributed by atoms with Gasteiger partial charge in [-0.1, -0.05) is 44.5 Å². The third kappa shape index (κ3) is 5.76. The number of carbonyl (C=O) groups is 1. The highest BCUT2D eigenvalue weighted by Gasteiger charge is 2.15. The minimum absolute atomic E-state index is 0.0767. The molecule has 0 aliphatic carbocycles. The zero-order valence-corrected chi connectivity index (χ0v) is 22.4. The molecular formula is C30H36N4O2. The van der Waals surface area contributed by atoms with E-state index in [1.165, 1.54) is 11.1 Å². The van der Waals surface area contributed by atoms with Crippen LogP contribution in [0.25, 0.3) is 16.7 Å². The highest BCUT2D eigenvalue weighted by molar-refractivity contribution is 5.90. The van der Waals surface area contributed by atoms with E-state index < -0.39 is 0 Å². The summed E-state index contributed by atoms with van der Waals surface area (Å²) in [4.78, 5) is 17.6. The fourth-order valence-electron chi connectivity index (χ4n) is 4.38. The lowest BCUT2D eigenvalue weighted by Gasteiger charge is -2.19. The molecule has 2 aromatic carbocycles. The molecule has 0 atom stereocenters. The topological polar surface area (TPSA) is 69.0 Å². The molecule has 0 fully saturated rings. The minimum Gasteiger partial charge on any atom is -0.494 e. The number of benzene rings is 2. The Kier molecular flexibility index (Phi) is 7.16. The van der Waals surface area contributed by atoms with Crippen molar-refractivity contribution < 1.29 is 9.53 Å². The molecule has 0 bridgehead atoms. The number of hydrogen-bond acceptors (Lipinski definition) is 4. The molecular weight excluding hydrogens is 448 g/mol. The lowest BCUT2D eigenvalue weighted by molar-refractivity contribution is -0.116. The van der Waals surface area contributed by atoms with Gasteiger partial charge in [-0.3, -0.25) is 4.79 Å². The number of aromatic nitrogens is 3. The lowest BCUT2D eigenvalue weighted by Crippen LogP contribution is -2.16. The Morgan fingerprint density at radius 2 is 1.69 bits per heavy atom. The van der Waals surface area contributed by atoms with Crippen molar-refractivity contribution in [2.24, 2.45) is 0 Å². The van der Waals surface area contributed by atoms with E-state index in [0.29, 0.717) is 31.1 Å². The summed E-state index contributed by atoms with van der Waals surface area (Å²) in [6.07, 6.45) is 0.971. The first-order valence-corrected chi connectivity index (χ1v) is 12.5. The van der Waals surface area contributed by atoms with Crippen LogP contribution in [0.15, 0.2) is 48.5 Å². The summed E-state index contributed by atoms with van der Waals surface area (Å²) in [5.74, 6) is 2.05. The van der Waals surface area contributed by atoms with Crippen molar-refractivity contribution in [3.63, 3.8) is 0 Å². The van der Waals surface area contributed by atoms with Crippen LogP contribution in [0.3, 0.4) is 0 Å². The van der Waals surface area contributed by atoms with Gasteiger partial charge in [-0.15, -0.1) is 0 Å². The Morgan fingerprint density at radius 1 is 0.972 bits per heavy atom. The van der Waals surface area contributed by atoms with E-state index in [-0.39, 0.29) is 11.3 Å². The second-order valence-corrected chi connectivity index (χ2v) is 10.6. The first kappa shape index (κ1) is 25.4. The average molecular weight is 485 g/mol. The van der Waals surface area contributed by atoms with Gasteiger partial charge in [-0.25, -0.2) is 4.98 Å². The summed E-state index contributed by atoms with van der Waals surface area (Å²) in [6.45, 7) is 15.2. The maximum absolute atomic E-state index is 12.7. The number of hydrogen-bond donors (Lipinski definition) is 1. The van der Waals surface area contributed by atoms with Gasteiger partial charge in [0.25, 0.3) is 0 Å². The third-order valence-electron chi connectivity index (χ3n) is 6.29. The molecule has 0 unspecified atom stereocenters. The van der Waals surface area contributed by atoms with Gasteiger partial charge in [-0.05, 0) is 80.5 Å². The fraction of sp³-hybridized carbons (Fsp3) is 0.367. The van der Waals surface area contributed by atoms with E-state index in [4.69, 9.17) is 9.72 Å². The van der Waals surface area contributed by atoms with Crippen molar-refractivity contribution in [1.29, 1.82) is 0 Å². The summed E-state index contributed by atoms with van der Waals surface area (Å²) < 4.78 is 7.55. The minimum atomic E-state index is -0.0767.